The van der Waals surface area contributed by atoms with E-state index in [4.69, 9.17) is 26.8 Å². The fraction of sp³-hybridized carbons (Fsp3) is 0.556. The highest BCUT2D eigenvalue weighted by Crippen LogP contribution is 2.39. The average Bonchev–Trinajstić information content (AvgIpc) is 3.40. The summed E-state index contributed by atoms with van der Waals surface area (Å²) in [5.74, 6) is 3.23. The Morgan fingerprint density at radius 1 is 1.24 bits per heavy atom. The van der Waals surface area contributed by atoms with Crippen LogP contribution in [0, 0.1) is 4.77 Å². The summed E-state index contributed by atoms with van der Waals surface area (Å²) in [6.07, 6.45) is 2.46. The quantitative estimate of drug-likeness (QED) is 0.673. The lowest BCUT2D eigenvalue weighted by molar-refractivity contribution is 0.243. The lowest BCUT2D eigenvalue weighted by Crippen LogP contribution is -2.22. The summed E-state index contributed by atoms with van der Waals surface area (Å²) in [6, 6.07) is 6.00. The number of hydrogen-bond acceptors (Lipinski definition) is 5. The van der Waals surface area contributed by atoms with Gasteiger partial charge in [0.2, 0.25) is 0 Å². The third kappa shape index (κ3) is 3.88. The van der Waals surface area contributed by atoms with Gasteiger partial charge in [-0.3, -0.25) is 4.90 Å². The van der Waals surface area contributed by atoms with Gasteiger partial charge in [0.1, 0.15) is 5.82 Å². The van der Waals surface area contributed by atoms with Gasteiger partial charge in [0, 0.05) is 19.0 Å². The Kier molecular flexibility index (Phi) is 5.44. The number of aromatic nitrogens is 3. The summed E-state index contributed by atoms with van der Waals surface area (Å²) in [6.45, 7) is 4.45. The van der Waals surface area contributed by atoms with Crippen LogP contribution in [0.15, 0.2) is 18.2 Å². The zero-order chi connectivity index (χ0) is 18.0. The predicted octanol–water partition coefficient (Wildman–Crippen LogP) is 3.42. The first-order valence-corrected chi connectivity index (χ1v) is 9.05. The zero-order valence-corrected chi connectivity index (χ0v) is 16.2. The molecule has 1 heterocycles. The Bertz CT molecular complexity index is 795. The Morgan fingerprint density at radius 3 is 2.56 bits per heavy atom. The normalized spacial score (nSPS) is 14.1. The molecule has 7 heteroatoms. The van der Waals surface area contributed by atoms with E-state index in [9.17, 15) is 0 Å². The largest absolute Gasteiger partial charge is 0.493 e. The predicted molar refractivity (Wildman–Crippen MR) is 99.7 cm³/mol. The molecule has 0 radical (unpaired) electrons. The van der Waals surface area contributed by atoms with E-state index in [-0.39, 0.29) is 0 Å². The van der Waals surface area contributed by atoms with Crippen molar-refractivity contribution >= 4 is 12.2 Å². The van der Waals surface area contributed by atoms with Crippen LogP contribution < -0.4 is 9.47 Å². The molecule has 2 aromatic rings. The maximum absolute atomic E-state index is 5.61. The molecule has 0 saturated heterocycles. The zero-order valence-electron chi connectivity index (χ0n) is 15.4. The molecule has 1 aliphatic carbocycles. The van der Waals surface area contributed by atoms with Crippen molar-refractivity contribution in [2.24, 2.45) is 0 Å². The lowest BCUT2D eigenvalue weighted by atomic mass is 10.2. The van der Waals surface area contributed by atoms with E-state index in [1.807, 2.05) is 16.8 Å². The molecule has 1 aromatic heterocycles. The average molecular weight is 362 g/mol. The maximum Gasteiger partial charge on any atom is 0.199 e. The first kappa shape index (κ1) is 17.9. The molecular weight excluding hydrogens is 336 g/mol. The van der Waals surface area contributed by atoms with Crippen molar-refractivity contribution in [2.75, 3.05) is 21.3 Å². The maximum atomic E-state index is 5.61. The van der Waals surface area contributed by atoms with Crippen LogP contribution in [0.25, 0.3) is 0 Å². The van der Waals surface area contributed by atoms with Gasteiger partial charge in [-0.25, -0.2) is 4.68 Å². The second-order valence-electron chi connectivity index (χ2n) is 6.50. The summed E-state index contributed by atoms with van der Waals surface area (Å²) in [4.78, 5) is 2.20. The van der Waals surface area contributed by atoms with Gasteiger partial charge in [0.05, 0.1) is 20.9 Å². The van der Waals surface area contributed by atoms with Crippen LogP contribution in [0.3, 0.4) is 0 Å². The molecule has 0 aliphatic heterocycles. The molecule has 0 amide bonds. The van der Waals surface area contributed by atoms with Crippen LogP contribution >= 0.6 is 12.2 Å². The van der Waals surface area contributed by atoms with Crippen LogP contribution in [0.5, 0.6) is 11.5 Å². The highest BCUT2D eigenvalue weighted by Gasteiger charge is 2.29. The minimum absolute atomic E-state index is 0.596. The second kappa shape index (κ2) is 7.58. The Balaban J connectivity index is 1.73. The Hall–Kier alpha value is -1.86. The highest BCUT2D eigenvalue weighted by molar-refractivity contribution is 7.71. The van der Waals surface area contributed by atoms with Crippen LogP contribution in [0.1, 0.15) is 37.1 Å². The van der Waals surface area contributed by atoms with Crippen LogP contribution in [0.4, 0.5) is 0 Å². The minimum Gasteiger partial charge on any atom is -0.493 e. The van der Waals surface area contributed by atoms with Gasteiger partial charge in [-0.15, -0.1) is 0 Å². The van der Waals surface area contributed by atoms with Gasteiger partial charge in [-0.2, -0.15) is 5.10 Å². The molecular formula is C18H26N4O2S. The second-order valence-corrected chi connectivity index (χ2v) is 6.87. The minimum atomic E-state index is 0.596. The molecule has 0 N–H and O–H groups in total. The molecule has 0 bridgehead atoms. The van der Waals surface area contributed by atoms with Crippen molar-refractivity contribution in [1.29, 1.82) is 0 Å². The number of nitrogens with zero attached hydrogens (tertiary/aromatic N) is 4. The number of benzene rings is 1. The van der Waals surface area contributed by atoms with Crippen molar-refractivity contribution in [3.8, 4) is 11.5 Å². The van der Waals surface area contributed by atoms with Gasteiger partial charge in [0.25, 0.3) is 0 Å². The van der Waals surface area contributed by atoms with Gasteiger partial charge >= 0.3 is 0 Å². The van der Waals surface area contributed by atoms with E-state index in [2.05, 4.69) is 29.5 Å². The summed E-state index contributed by atoms with van der Waals surface area (Å²) < 4.78 is 15.6. The summed E-state index contributed by atoms with van der Waals surface area (Å²) in [5.41, 5.74) is 1.16. The fourth-order valence-electron chi connectivity index (χ4n) is 3.06. The van der Waals surface area contributed by atoms with Crippen LogP contribution in [-0.2, 0) is 19.8 Å². The van der Waals surface area contributed by atoms with E-state index in [1.54, 1.807) is 14.2 Å². The van der Waals surface area contributed by atoms with Crippen molar-refractivity contribution in [3.05, 3.63) is 34.4 Å². The number of rotatable bonds is 8. The van der Waals surface area contributed by atoms with E-state index in [0.717, 1.165) is 40.7 Å². The molecule has 0 unspecified atom stereocenters. The number of hydrogen-bond donors (Lipinski definition) is 0. The first-order valence-electron chi connectivity index (χ1n) is 8.64. The molecule has 6 nitrogen and oxygen atoms in total. The van der Waals surface area contributed by atoms with Crippen molar-refractivity contribution in [3.63, 3.8) is 0 Å². The fourth-order valence-corrected chi connectivity index (χ4v) is 3.38. The highest BCUT2D eigenvalue weighted by atomic mass is 32.1. The number of ether oxygens (including phenoxy) is 2. The standard InChI is InChI=1S/C18H26N4O2S/c1-5-21-17(14-7-8-14)19-22(18(21)25)12-20(2)11-13-6-9-15(23-3)16(10-13)24-4/h6,9-10,14H,5,7-8,11-12H2,1-4H3. The van der Waals surface area contributed by atoms with Crippen LogP contribution in [0.2, 0.25) is 0 Å². The summed E-state index contributed by atoms with van der Waals surface area (Å²) >= 11 is 5.61. The van der Waals surface area contributed by atoms with Crippen molar-refractivity contribution < 1.29 is 9.47 Å². The Morgan fingerprint density at radius 2 is 1.96 bits per heavy atom. The van der Waals surface area contributed by atoms with Crippen LogP contribution in [-0.4, -0.2) is 40.5 Å². The summed E-state index contributed by atoms with van der Waals surface area (Å²) in [5, 5.41) is 4.77. The van der Waals surface area contributed by atoms with E-state index >= 15 is 0 Å². The van der Waals surface area contributed by atoms with Gasteiger partial charge < -0.3 is 14.0 Å². The molecule has 1 saturated carbocycles. The number of methoxy groups -OCH3 is 2. The van der Waals surface area contributed by atoms with E-state index in [0.29, 0.717) is 12.6 Å². The molecule has 0 atom stereocenters. The molecule has 136 valence electrons. The smallest absolute Gasteiger partial charge is 0.199 e. The molecule has 0 spiro atoms. The lowest BCUT2D eigenvalue weighted by Gasteiger charge is -2.17. The van der Waals surface area contributed by atoms with Crippen molar-refractivity contribution in [2.45, 2.75) is 45.4 Å². The van der Waals surface area contributed by atoms with Gasteiger partial charge in [0.15, 0.2) is 16.3 Å². The molecule has 3 rings (SSSR count). The van der Waals surface area contributed by atoms with E-state index in [1.165, 1.54) is 12.8 Å². The first-order chi connectivity index (χ1) is 12.1. The molecule has 1 fully saturated rings. The molecule has 1 aromatic carbocycles. The summed E-state index contributed by atoms with van der Waals surface area (Å²) in [7, 11) is 5.37. The molecule has 25 heavy (non-hydrogen) atoms. The van der Waals surface area contributed by atoms with Gasteiger partial charge in [-0.1, -0.05) is 6.07 Å². The topological polar surface area (TPSA) is 44.5 Å². The molecule has 1 aliphatic rings. The third-order valence-electron chi connectivity index (χ3n) is 4.49. The van der Waals surface area contributed by atoms with E-state index < -0.39 is 0 Å². The SMILES string of the molecule is CCn1c(C2CC2)nn(CN(C)Cc2ccc(OC)c(OC)c2)c1=S. The third-order valence-corrected chi connectivity index (χ3v) is 4.92. The van der Waals surface area contributed by atoms with Gasteiger partial charge in [-0.05, 0) is 56.7 Å². The van der Waals surface area contributed by atoms with Crippen molar-refractivity contribution in [1.82, 2.24) is 19.2 Å². The Labute approximate surface area is 154 Å². The monoisotopic (exact) mass is 362 g/mol.